The molecule has 3 rings (SSSR count). The van der Waals surface area contributed by atoms with Gasteiger partial charge in [-0.25, -0.2) is 0 Å². The number of hydrogen-bond donors (Lipinski definition) is 1. The van der Waals surface area contributed by atoms with E-state index in [4.69, 9.17) is 9.47 Å². The number of nitrogens with zero attached hydrogens (tertiary/aromatic N) is 1. The molecule has 2 aromatic carbocycles. The molecule has 1 saturated heterocycles. The van der Waals surface area contributed by atoms with Crippen LogP contribution in [0.3, 0.4) is 0 Å². The lowest BCUT2D eigenvalue weighted by Crippen LogP contribution is -2.24. The second-order valence-electron chi connectivity index (χ2n) is 6.14. The molecule has 1 N–H and O–H groups in total. The highest BCUT2D eigenvalue weighted by Crippen LogP contribution is 2.31. The summed E-state index contributed by atoms with van der Waals surface area (Å²) in [5.74, 6) is 0.711. The summed E-state index contributed by atoms with van der Waals surface area (Å²) in [7, 11) is 3.02. The maximum Gasteiger partial charge on any atom is 0.263 e. The van der Waals surface area contributed by atoms with Crippen molar-refractivity contribution < 1.29 is 19.1 Å². The standard InChI is InChI=1S/C20H22N2O4/c1-13-12-14(9-10-15(13)22-11-5-8-18(22)23)21-20(24)19-16(25-2)6-4-7-17(19)26-3/h4,6-7,9-10,12H,5,8,11H2,1-3H3,(H,21,24). The zero-order chi connectivity index (χ0) is 18.7. The smallest absolute Gasteiger partial charge is 0.263 e. The molecular weight excluding hydrogens is 332 g/mol. The van der Waals surface area contributed by atoms with E-state index >= 15 is 0 Å². The fraction of sp³-hybridized carbons (Fsp3) is 0.300. The Kier molecular flexibility index (Phi) is 5.11. The summed E-state index contributed by atoms with van der Waals surface area (Å²) in [6.45, 7) is 2.67. The first-order chi connectivity index (χ1) is 12.5. The van der Waals surface area contributed by atoms with E-state index in [-0.39, 0.29) is 11.8 Å². The van der Waals surface area contributed by atoms with Gasteiger partial charge in [-0.3, -0.25) is 9.59 Å². The highest BCUT2D eigenvalue weighted by molar-refractivity contribution is 6.08. The van der Waals surface area contributed by atoms with Crippen molar-refractivity contribution in [3.63, 3.8) is 0 Å². The van der Waals surface area contributed by atoms with Gasteiger partial charge in [0.1, 0.15) is 17.1 Å². The summed E-state index contributed by atoms with van der Waals surface area (Å²) in [6.07, 6.45) is 1.47. The average Bonchev–Trinajstić information content (AvgIpc) is 3.06. The first kappa shape index (κ1) is 17.8. The maximum atomic E-state index is 12.7. The zero-order valence-electron chi connectivity index (χ0n) is 15.2. The van der Waals surface area contributed by atoms with Crippen LogP contribution in [-0.2, 0) is 4.79 Å². The molecule has 0 spiro atoms. The van der Waals surface area contributed by atoms with Gasteiger partial charge in [0.15, 0.2) is 0 Å². The number of carbonyl (C=O) groups excluding carboxylic acids is 2. The Hall–Kier alpha value is -3.02. The summed E-state index contributed by atoms with van der Waals surface area (Å²) in [5, 5.41) is 2.88. The van der Waals surface area contributed by atoms with Crippen LogP contribution in [0.4, 0.5) is 11.4 Å². The molecule has 1 aliphatic rings. The highest BCUT2D eigenvalue weighted by Gasteiger charge is 2.23. The van der Waals surface area contributed by atoms with Gasteiger partial charge in [0.05, 0.1) is 14.2 Å². The molecule has 0 saturated carbocycles. The number of nitrogens with one attached hydrogen (secondary N) is 1. The molecule has 0 bridgehead atoms. The Morgan fingerprint density at radius 2 is 1.81 bits per heavy atom. The van der Waals surface area contributed by atoms with Crippen molar-refractivity contribution in [3.05, 3.63) is 47.5 Å². The number of carbonyl (C=O) groups is 2. The largest absolute Gasteiger partial charge is 0.496 e. The van der Waals surface area contributed by atoms with Gasteiger partial charge < -0.3 is 19.7 Å². The Labute approximate surface area is 152 Å². The van der Waals surface area contributed by atoms with Crippen LogP contribution in [0, 0.1) is 6.92 Å². The molecule has 0 unspecified atom stereocenters. The van der Waals surface area contributed by atoms with E-state index in [1.54, 1.807) is 29.2 Å². The van der Waals surface area contributed by atoms with Crippen molar-refractivity contribution in [3.8, 4) is 11.5 Å². The van der Waals surface area contributed by atoms with E-state index in [1.807, 2.05) is 19.1 Å². The van der Waals surface area contributed by atoms with Crippen LogP contribution >= 0.6 is 0 Å². The molecule has 2 amide bonds. The number of amides is 2. The molecule has 0 aliphatic carbocycles. The minimum absolute atomic E-state index is 0.142. The van der Waals surface area contributed by atoms with E-state index in [0.717, 1.165) is 24.2 Å². The lowest BCUT2D eigenvalue weighted by Gasteiger charge is -2.19. The summed E-state index contributed by atoms with van der Waals surface area (Å²) in [5.41, 5.74) is 2.82. The molecule has 136 valence electrons. The zero-order valence-corrected chi connectivity index (χ0v) is 15.2. The van der Waals surface area contributed by atoms with E-state index in [1.165, 1.54) is 14.2 Å². The van der Waals surface area contributed by atoms with Crippen molar-refractivity contribution in [2.75, 3.05) is 31.0 Å². The van der Waals surface area contributed by atoms with Gasteiger partial charge >= 0.3 is 0 Å². The molecule has 2 aromatic rings. The monoisotopic (exact) mass is 354 g/mol. The highest BCUT2D eigenvalue weighted by atomic mass is 16.5. The molecule has 0 aromatic heterocycles. The van der Waals surface area contributed by atoms with Crippen molar-refractivity contribution in [1.82, 2.24) is 0 Å². The van der Waals surface area contributed by atoms with Crippen LogP contribution in [-0.4, -0.2) is 32.6 Å². The summed E-state index contributed by atoms with van der Waals surface area (Å²) in [6, 6.07) is 10.7. The van der Waals surface area contributed by atoms with E-state index in [9.17, 15) is 9.59 Å². The molecule has 0 atom stereocenters. The molecular formula is C20H22N2O4. The number of rotatable bonds is 5. The van der Waals surface area contributed by atoms with Crippen LogP contribution in [0.25, 0.3) is 0 Å². The van der Waals surface area contributed by atoms with Crippen LogP contribution in [0.1, 0.15) is 28.8 Å². The first-order valence-corrected chi connectivity index (χ1v) is 8.48. The molecule has 0 radical (unpaired) electrons. The van der Waals surface area contributed by atoms with Gasteiger partial charge in [-0.2, -0.15) is 0 Å². The second-order valence-corrected chi connectivity index (χ2v) is 6.14. The van der Waals surface area contributed by atoms with Gasteiger partial charge in [0.25, 0.3) is 5.91 Å². The molecule has 26 heavy (non-hydrogen) atoms. The van der Waals surface area contributed by atoms with E-state index < -0.39 is 0 Å². The fourth-order valence-electron chi connectivity index (χ4n) is 3.21. The molecule has 1 fully saturated rings. The SMILES string of the molecule is COc1cccc(OC)c1C(=O)Nc1ccc(N2CCCC2=O)c(C)c1. The Bertz CT molecular complexity index is 825. The Balaban J connectivity index is 1.85. The summed E-state index contributed by atoms with van der Waals surface area (Å²) in [4.78, 5) is 26.5. The number of aryl methyl sites for hydroxylation is 1. The third kappa shape index (κ3) is 3.35. The van der Waals surface area contributed by atoms with Crippen molar-refractivity contribution in [1.29, 1.82) is 0 Å². The predicted octanol–water partition coefficient (Wildman–Crippen LogP) is 3.39. The Morgan fingerprint density at radius 3 is 2.35 bits per heavy atom. The minimum Gasteiger partial charge on any atom is -0.496 e. The number of hydrogen-bond acceptors (Lipinski definition) is 4. The van der Waals surface area contributed by atoms with Gasteiger partial charge in [-0.1, -0.05) is 6.07 Å². The second kappa shape index (κ2) is 7.47. The molecule has 6 heteroatoms. The topological polar surface area (TPSA) is 67.9 Å². The van der Waals surface area contributed by atoms with Gasteiger partial charge in [-0.05, 0) is 49.2 Å². The molecule has 1 heterocycles. The van der Waals surface area contributed by atoms with Crippen molar-refractivity contribution in [2.24, 2.45) is 0 Å². The van der Waals surface area contributed by atoms with Crippen LogP contribution in [0.2, 0.25) is 0 Å². The number of ether oxygens (including phenoxy) is 2. The van der Waals surface area contributed by atoms with E-state index in [2.05, 4.69) is 5.32 Å². The minimum atomic E-state index is -0.316. The van der Waals surface area contributed by atoms with E-state index in [0.29, 0.717) is 29.2 Å². The van der Waals surface area contributed by atoms with Crippen LogP contribution in [0.15, 0.2) is 36.4 Å². The van der Waals surface area contributed by atoms with Crippen LogP contribution < -0.4 is 19.7 Å². The molecule has 6 nitrogen and oxygen atoms in total. The lowest BCUT2D eigenvalue weighted by molar-refractivity contribution is -0.117. The Morgan fingerprint density at radius 1 is 1.12 bits per heavy atom. The third-order valence-corrected chi connectivity index (χ3v) is 4.47. The lowest BCUT2D eigenvalue weighted by atomic mass is 10.1. The number of benzene rings is 2. The average molecular weight is 354 g/mol. The molecule has 1 aliphatic heterocycles. The fourth-order valence-corrected chi connectivity index (χ4v) is 3.21. The third-order valence-electron chi connectivity index (χ3n) is 4.47. The number of methoxy groups -OCH3 is 2. The normalized spacial score (nSPS) is 13.7. The van der Waals surface area contributed by atoms with Crippen molar-refractivity contribution in [2.45, 2.75) is 19.8 Å². The summed E-state index contributed by atoms with van der Waals surface area (Å²) >= 11 is 0. The van der Waals surface area contributed by atoms with Crippen LogP contribution in [0.5, 0.6) is 11.5 Å². The van der Waals surface area contributed by atoms with Crippen molar-refractivity contribution >= 4 is 23.2 Å². The maximum absolute atomic E-state index is 12.7. The van der Waals surface area contributed by atoms with Gasteiger partial charge in [-0.15, -0.1) is 0 Å². The predicted molar refractivity (Wildman–Crippen MR) is 100 cm³/mol. The van der Waals surface area contributed by atoms with Gasteiger partial charge in [0, 0.05) is 24.3 Å². The summed E-state index contributed by atoms with van der Waals surface area (Å²) < 4.78 is 10.6. The number of anilines is 2. The van der Waals surface area contributed by atoms with Gasteiger partial charge in [0.2, 0.25) is 5.91 Å². The first-order valence-electron chi connectivity index (χ1n) is 8.48. The quantitative estimate of drug-likeness (QED) is 0.894.